The van der Waals surface area contributed by atoms with Gasteiger partial charge in [-0.3, -0.25) is 9.32 Å². The maximum Gasteiger partial charge on any atom is 0.442 e. The first-order valence-corrected chi connectivity index (χ1v) is 9.68. The molecule has 1 atom stereocenters. The Bertz CT molecular complexity index is 1000. The summed E-state index contributed by atoms with van der Waals surface area (Å²) in [6.07, 6.45) is 0.537. The van der Waals surface area contributed by atoms with Gasteiger partial charge < -0.3 is 5.32 Å². The topological polar surface area (TPSA) is 79.0 Å². The van der Waals surface area contributed by atoms with Gasteiger partial charge in [0.15, 0.2) is 0 Å². The van der Waals surface area contributed by atoms with Gasteiger partial charge in [0, 0.05) is 22.8 Å². The van der Waals surface area contributed by atoms with Crippen LogP contribution in [0.3, 0.4) is 0 Å². The number of rotatable bonds is 6. The Morgan fingerprint density at radius 3 is 2.70 bits per heavy atom. The Morgan fingerprint density at radius 1 is 1.26 bits per heavy atom. The van der Waals surface area contributed by atoms with Gasteiger partial charge in [-0.05, 0) is 52.8 Å². The molecule has 0 spiro atoms. The second kappa shape index (κ2) is 8.45. The number of para-hydroxylation sites is 1. The third-order valence-electron chi connectivity index (χ3n) is 4.06. The molecule has 8 heteroatoms. The van der Waals surface area contributed by atoms with E-state index in [1.54, 1.807) is 18.2 Å². The molecule has 140 valence electrons. The Balaban J connectivity index is 1.84. The van der Waals surface area contributed by atoms with Crippen molar-refractivity contribution in [1.29, 1.82) is 0 Å². The van der Waals surface area contributed by atoms with Crippen molar-refractivity contribution in [3.63, 3.8) is 0 Å². The van der Waals surface area contributed by atoms with E-state index in [4.69, 9.17) is 16.1 Å². The first kappa shape index (κ1) is 19.3. The van der Waals surface area contributed by atoms with E-state index < -0.39 is 10.9 Å². The standard InChI is InChI=1S/C19H18ClN3O3S/c1-3-16(17(24)21-15-11-7-10-14(20)12(15)2)27-18-19(25)26-22-23(18)13-8-5-4-6-9-13/h4-11,16H,3H2,1-2H3,(H-,21,22,24,25)/p+1. The number of carbonyl (C=O) groups excluding carboxylic acids is 1. The van der Waals surface area contributed by atoms with Gasteiger partial charge in [0.25, 0.3) is 0 Å². The molecule has 2 N–H and O–H groups in total. The first-order valence-electron chi connectivity index (χ1n) is 8.42. The van der Waals surface area contributed by atoms with Crippen LogP contribution in [0, 0.1) is 6.92 Å². The van der Waals surface area contributed by atoms with E-state index >= 15 is 0 Å². The minimum atomic E-state index is -0.519. The molecule has 0 aliphatic carbocycles. The third-order valence-corrected chi connectivity index (χ3v) is 5.88. The molecule has 27 heavy (non-hydrogen) atoms. The summed E-state index contributed by atoms with van der Waals surface area (Å²) in [5, 5.41) is 5.90. The number of hydrogen-bond acceptors (Lipinski definition) is 4. The number of H-pyrrole nitrogens is 1. The van der Waals surface area contributed by atoms with E-state index in [1.165, 1.54) is 4.68 Å². The van der Waals surface area contributed by atoms with E-state index in [-0.39, 0.29) is 5.91 Å². The predicted octanol–water partition coefficient (Wildman–Crippen LogP) is 3.72. The van der Waals surface area contributed by atoms with Crippen LogP contribution in [0.2, 0.25) is 5.02 Å². The summed E-state index contributed by atoms with van der Waals surface area (Å²) < 4.78 is 6.48. The number of thioether (sulfide) groups is 1. The van der Waals surface area contributed by atoms with Crippen LogP contribution in [0.1, 0.15) is 18.9 Å². The first-order chi connectivity index (χ1) is 13.0. The highest BCUT2D eigenvalue weighted by Gasteiger charge is 2.30. The number of hydrogen-bond donors (Lipinski definition) is 2. The number of carbonyl (C=O) groups is 1. The lowest BCUT2D eigenvalue weighted by Gasteiger charge is -2.14. The van der Waals surface area contributed by atoms with Gasteiger partial charge in [-0.25, -0.2) is 4.79 Å². The van der Waals surface area contributed by atoms with Crippen molar-refractivity contribution in [1.82, 2.24) is 5.27 Å². The third kappa shape index (κ3) is 4.26. The van der Waals surface area contributed by atoms with Gasteiger partial charge in [-0.15, -0.1) is 0 Å². The summed E-state index contributed by atoms with van der Waals surface area (Å²) in [6.45, 7) is 3.74. The summed E-state index contributed by atoms with van der Waals surface area (Å²) >= 11 is 7.28. The fourth-order valence-electron chi connectivity index (χ4n) is 2.52. The normalized spacial score (nSPS) is 12.0. The number of amides is 1. The number of nitrogens with one attached hydrogen (secondary N) is 2. The zero-order valence-electron chi connectivity index (χ0n) is 14.9. The Kier molecular flexibility index (Phi) is 6.03. The highest BCUT2D eigenvalue weighted by molar-refractivity contribution is 8.00. The maximum absolute atomic E-state index is 12.8. The molecule has 0 aliphatic rings. The molecule has 1 unspecified atom stereocenters. The monoisotopic (exact) mass is 404 g/mol. The van der Waals surface area contributed by atoms with E-state index in [9.17, 15) is 9.59 Å². The molecule has 3 aromatic rings. The molecule has 0 saturated heterocycles. The van der Waals surface area contributed by atoms with E-state index in [0.717, 1.165) is 23.0 Å². The number of benzene rings is 2. The van der Waals surface area contributed by atoms with Crippen LogP contribution >= 0.6 is 23.4 Å². The molecule has 2 aromatic carbocycles. The molecular formula is C19H19ClN3O3S+. The van der Waals surface area contributed by atoms with Crippen molar-refractivity contribution >= 4 is 35.0 Å². The van der Waals surface area contributed by atoms with Gasteiger partial charge in [-0.1, -0.05) is 42.8 Å². The van der Waals surface area contributed by atoms with Gasteiger partial charge >= 0.3 is 10.7 Å². The van der Waals surface area contributed by atoms with Crippen molar-refractivity contribution in [3.05, 3.63) is 69.5 Å². The number of aromatic nitrogens is 2. The average Bonchev–Trinajstić information content (AvgIpc) is 3.04. The zero-order valence-corrected chi connectivity index (χ0v) is 16.4. The Hall–Kier alpha value is -2.51. The van der Waals surface area contributed by atoms with Gasteiger partial charge in [-0.2, -0.15) is 0 Å². The van der Waals surface area contributed by atoms with E-state index in [2.05, 4.69) is 10.6 Å². The van der Waals surface area contributed by atoms with Crippen molar-refractivity contribution in [3.8, 4) is 5.69 Å². The Labute approximate surface area is 165 Å². The number of aromatic amines is 1. The van der Waals surface area contributed by atoms with E-state index in [1.807, 2.05) is 44.2 Å². The lowest BCUT2D eigenvalue weighted by molar-refractivity contribution is -0.704. The SMILES string of the molecule is CCC(Sc1c(=O)o[nH][n+]1-c1ccccc1)C(=O)Nc1cccc(Cl)c1C. The molecule has 0 fully saturated rings. The van der Waals surface area contributed by atoms with Crippen LogP contribution in [0.4, 0.5) is 5.69 Å². The second-order valence-electron chi connectivity index (χ2n) is 5.87. The number of halogens is 1. The van der Waals surface area contributed by atoms with Crippen molar-refractivity contribution < 1.29 is 14.0 Å². The minimum absolute atomic E-state index is 0.201. The number of anilines is 1. The molecule has 0 saturated carbocycles. The quantitative estimate of drug-likeness (QED) is 0.484. The van der Waals surface area contributed by atoms with Crippen LogP contribution in [0.5, 0.6) is 0 Å². The zero-order chi connectivity index (χ0) is 19.4. The lowest BCUT2D eigenvalue weighted by Crippen LogP contribution is -2.37. The molecule has 0 radical (unpaired) electrons. The summed E-state index contributed by atoms with van der Waals surface area (Å²) in [5.41, 5.74) is 1.68. The van der Waals surface area contributed by atoms with Crippen LogP contribution in [0.15, 0.2) is 62.9 Å². The largest absolute Gasteiger partial charge is 0.442 e. The fraction of sp³-hybridized carbons (Fsp3) is 0.211. The molecular weight excluding hydrogens is 386 g/mol. The molecule has 3 rings (SSSR count). The molecule has 0 bridgehead atoms. The molecule has 0 aliphatic heterocycles. The predicted molar refractivity (Wildman–Crippen MR) is 106 cm³/mol. The smallest absolute Gasteiger partial charge is 0.325 e. The fourth-order valence-corrected chi connectivity index (χ4v) is 3.69. The molecule has 1 aromatic heterocycles. The van der Waals surface area contributed by atoms with Gasteiger partial charge in [0.05, 0.1) is 5.25 Å². The second-order valence-corrected chi connectivity index (χ2v) is 7.47. The van der Waals surface area contributed by atoms with Crippen molar-refractivity contribution in [2.75, 3.05) is 5.32 Å². The molecule has 6 nitrogen and oxygen atoms in total. The van der Waals surface area contributed by atoms with Crippen LogP contribution < -0.4 is 15.6 Å². The van der Waals surface area contributed by atoms with Crippen LogP contribution in [0.25, 0.3) is 5.69 Å². The van der Waals surface area contributed by atoms with Crippen LogP contribution in [-0.2, 0) is 4.79 Å². The lowest BCUT2D eigenvalue weighted by atomic mass is 10.2. The summed E-state index contributed by atoms with van der Waals surface area (Å²) in [5.74, 6) is -0.201. The van der Waals surface area contributed by atoms with Crippen LogP contribution in [-0.4, -0.2) is 16.4 Å². The number of nitrogens with zero attached hydrogens (tertiary/aromatic N) is 1. The Morgan fingerprint density at radius 2 is 2.00 bits per heavy atom. The maximum atomic E-state index is 12.8. The van der Waals surface area contributed by atoms with Gasteiger partial charge in [0.1, 0.15) is 0 Å². The van der Waals surface area contributed by atoms with Crippen molar-refractivity contribution in [2.45, 2.75) is 30.5 Å². The highest BCUT2D eigenvalue weighted by atomic mass is 35.5. The average molecular weight is 405 g/mol. The molecule has 1 heterocycles. The molecule has 1 amide bonds. The van der Waals surface area contributed by atoms with E-state index in [0.29, 0.717) is 22.2 Å². The highest BCUT2D eigenvalue weighted by Crippen LogP contribution is 2.26. The van der Waals surface area contributed by atoms with Gasteiger partial charge in [0.2, 0.25) is 11.6 Å². The summed E-state index contributed by atoms with van der Waals surface area (Å²) in [4.78, 5) is 24.9. The van der Waals surface area contributed by atoms with Crippen molar-refractivity contribution in [2.24, 2.45) is 0 Å². The summed E-state index contributed by atoms with van der Waals surface area (Å²) in [6, 6.07) is 14.6. The summed E-state index contributed by atoms with van der Waals surface area (Å²) in [7, 11) is 0. The minimum Gasteiger partial charge on any atom is -0.325 e.